The van der Waals surface area contributed by atoms with Gasteiger partial charge >= 0.3 is 0 Å². The third-order valence-electron chi connectivity index (χ3n) is 7.13. The second-order valence-electron chi connectivity index (χ2n) is 9.19. The summed E-state index contributed by atoms with van der Waals surface area (Å²) < 4.78 is 0. The highest BCUT2D eigenvalue weighted by Crippen LogP contribution is 2.43. The van der Waals surface area contributed by atoms with Crippen molar-refractivity contribution in [3.63, 3.8) is 0 Å². The second-order valence-corrected chi connectivity index (χ2v) is 9.19. The van der Waals surface area contributed by atoms with Crippen LogP contribution in [0.15, 0.2) is 70.1 Å². The predicted molar refractivity (Wildman–Crippen MR) is 127 cm³/mol. The van der Waals surface area contributed by atoms with Crippen LogP contribution in [0.3, 0.4) is 0 Å². The van der Waals surface area contributed by atoms with Crippen molar-refractivity contribution in [2.75, 3.05) is 11.9 Å². The first kappa shape index (κ1) is 19.9. The van der Waals surface area contributed by atoms with E-state index in [0.717, 1.165) is 29.8 Å². The number of hydrazone groups is 1. The number of carbonyl (C=O) groups is 1. The molecule has 1 aromatic heterocycles. The van der Waals surface area contributed by atoms with Gasteiger partial charge in [0.15, 0.2) is 5.66 Å². The molecule has 3 unspecified atom stereocenters. The van der Waals surface area contributed by atoms with Crippen LogP contribution < -0.4 is 21.7 Å². The number of nitrogens with two attached hydrogens (primary N) is 1. The van der Waals surface area contributed by atoms with Gasteiger partial charge in [0.1, 0.15) is 17.4 Å². The Kier molecular flexibility index (Phi) is 4.48. The highest BCUT2D eigenvalue weighted by atomic mass is 16.1. The summed E-state index contributed by atoms with van der Waals surface area (Å²) in [7, 11) is 0. The first-order valence-corrected chi connectivity index (χ1v) is 11.3. The van der Waals surface area contributed by atoms with Crippen molar-refractivity contribution in [3.8, 4) is 0 Å². The molecule has 2 aromatic rings. The lowest BCUT2D eigenvalue weighted by Crippen LogP contribution is -2.61. The summed E-state index contributed by atoms with van der Waals surface area (Å²) in [5.41, 5.74) is 8.92. The Hall–Kier alpha value is -3.72. The van der Waals surface area contributed by atoms with Crippen molar-refractivity contribution < 1.29 is 4.79 Å². The summed E-state index contributed by atoms with van der Waals surface area (Å²) in [4.78, 5) is 21.1. The molecule has 2 bridgehead atoms. The molecule has 1 aliphatic carbocycles. The Morgan fingerprint density at radius 2 is 2.06 bits per heavy atom. The van der Waals surface area contributed by atoms with E-state index in [-0.39, 0.29) is 11.9 Å². The maximum atomic E-state index is 12.6. The van der Waals surface area contributed by atoms with E-state index < -0.39 is 5.66 Å². The van der Waals surface area contributed by atoms with Gasteiger partial charge in [-0.3, -0.25) is 9.80 Å². The molecular formula is C24H26N8O. The highest BCUT2D eigenvalue weighted by molar-refractivity contribution is 6.16. The number of pyridine rings is 1. The van der Waals surface area contributed by atoms with Crippen LogP contribution in [0.5, 0.6) is 0 Å². The Bertz CT molecular complexity index is 1190. The number of aliphatic imine (C=N–C) groups is 1. The van der Waals surface area contributed by atoms with Gasteiger partial charge < -0.3 is 21.7 Å². The van der Waals surface area contributed by atoms with E-state index in [4.69, 9.17) is 10.8 Å². The molecule has 2 fully saturated rings. The molecule has 3 aliphatic heterocycles. The molecule has 1 amide bonds. The standard InChI is InChI=1S/C24H26N8O/c1-24-20(22(25)28-13-29-24)21(31-32(24)18-11-14-10-17(18)27-12-14)15-5-7-16(8-6-15)23(33)30-19-4-2-3-9-26-19/h2-9,13-14,17-18,27H,10-12,25H2,1H3,(H,28,29)(H,26,30,33)/t14-,17?,18?,24?/m1/s1. The lowest BCUT2D eigenvalue weighted by Gasteiger charge is -2.43. The molecular weight excluding hydrogens is 416 g/mol. The summed E-state index contributed by atoms with van der Waals surface area (Å²) in [6, 6.07) is 13.5. The number of carbonyl (C=O) groups excluding carboxylic acids is 1. The van der Waals surface area contributed by atoms with E-state index in [1.54, 1.807) is 36.8 Å². The molecule has 4 heterocycles. The molecule has 9 heteroatoms. The normalized spacial score (nSPS) is 29.7. The number of fused-ring (bicyclic) bond motifs is 3. The van der Waals surface area contributed by atoms with E-state index in [0.29, 0.717) is 29.2 Å². The van der Waals surface area contributed by atoms with E-state index in [2.05, 4.69) is 37.9 Å². The average Bonchev–Trinajstić information content (AvgIpc) is 3.53. The maximum absolute atomic E-state index is 12.6. The second kappa shape index (κ2) is 7.41. The van der Waals surface area contributed by atoms with Gasteiger partial charge in [0.2, 0.25) is 0 Å². The van der Waals surface area contributed by atoms with Gasteiger partial charge in [0.25, 0.3) is 5.91 Å². The van der Waals surface area contributed by atoms with Crippen LogP contribution in [0.25, 0.3) is 0 Å². The third kappa shape index (κ3) is 3.19. The van der Waals surface area contributed by atoms with Gasteiger partial charge in [-0.2, -0.15) is 5.10 Å². The summed E-state index contributed by atoms with van der Waals surface area (Å²) in [6.45, 7) is 3.20. The molecule has 4 atom stereocenters. The molecule has 33 heavy (non-hydrogen) atoms. The van der Waals surface area contributed by atoms with Gasteiger partial charge in [-0.25, -0.2) is 9.98 Å². The number of amides is 1. The SMILES string of the molecule is CC12NC=NC(N)=C1C(c1ccc(C(=O)Nc3ccccn3)cc1)=NN2C1C[C@@H]2CNC1C2. The lowest BCUT2D eigenvalue weighted by molar-refractivity contribution is 0.0699. The number of aromatic nitrogens is 1. The minimum atomic E-state index is -0.562. The average molecular weight is 443 g/mol. The number of piperidine rings is 1. The molecule has 5 N–H and O–H groups in total. The quantitative estimate of drug-likeness (QED) is 0.571. The Labute approximate surface area is 191 Å². The zero-order valence-corrected chi connectivity index (χ0v) is 18.3. The number of nitrogens with zero attached hydrogens (tertiary/aromatic N) is 4. The molecule has 4 aliphatic rings. The number of hydrogen-bond donors (Lipinski definition) is 4. The van der Waals surface area contributed by atoms with Gasteiger partial charge in [-0.1, -0.05) is 18.2 Å². The number of nitrogens with one attached hydrogen (secondary N) is 3. The Morgan fingerprint density at radius 1 is 1.21 bits per heavy atom. The van der Waals surface area contributed by atoms with Crippen LogP contribution in [0.2, 0.25) is 0 Å². The fourth-order valence-corrected chi connectivity index (χ4v) is 5.51. The molecule has 6 rings (SSSR count). The van der Waals surface area contributed by atoms with Crippen LogP contribution in [0, 0.1) is 5.92 Å². The van der Waals surface area contributed by atoms with Crippen molar-refractivity contribution >= 4 is 23.8 Å². The fraction of sp³-hybridized carbons (Fsp3) is 0.333. The minimum absolute atomic E-state index is 0.212. The minimum Gasteiger partial charge on any atom is -0.383 e. The van der Waals surface area contributed by atoms with E-state index in [9.17, 15) is 4.79 Å². The van der Waals surface area contributed by atoms with Crippen LogP contribution in [0.4, 0.5) is 5.82 Å². The maximum Gasteiger partial charge on any atom is 0.256 e. The van der Waals surface area contributed by atoms with E-state index in [1.165, 1.54) is 6.42 Å². The molecule has 1 saturated carbocycles. The van der Waals surface area contributed by atoms with Crippen LogP contribution in [-0.4, -0.2) is 52.2 Å². The molecule has 0 spiro atoms. The van der Waals surface area contributed by atoms with Gasteiger partial charge in [-0.15, -0.1) is 0 Å². The summed E-state index contributed by atoms with van der Waals surface area (Å²) in [5, 5.41) is 17.1. The van der Waals surface area contributed by atoms with Crippen molar-refractivity contribution in [3.05, 3.63) is 71.2 Å². The highest BCUT2D eigenvalue weighted by Gasteiger charge is 2.53. The lowest BCUT2D eigenvalue weighted by atomic mass is 9.91. The summed E-state index contributed by atoms with van der Waals surface area (Å²) in [5.74, 6) is 1.46. The third-order valence-corrected chi connectivity index (χ3v) is 7.13. The van der Waals surface area contributed by atoms with E-state index >= 15 is 0 Å². The van der Waals surface area contributed by atoms with Crippen molar-refractivity contribution in [2.24, 2.45) is 21.7 Å². The fourth-order valence-electron chi connectivity index (χ4n) is 5.51. The summed E-state index contributed by atoms with van der Waals surface area (Å²) >= 11 is 0. The molecule has 1 aromatic carbocycles. The number of rotatable bonds is 4. The number of anilines is 1. The molecule has 0 radical (unpaired) electrons. The first-order chi connectivity index (χ1) is 16.0. The van der Waals surface area contributed by atoms with Gasteiger partial charge in [-0.05, 0) is 56.5 Å². The Morgan fingerprint density at radius 3 is 2.76 bits per heavy atom. The zero-order valence-electron chi connectivity index (χ0n) is 18.3. The zero-order chi connectivity index (χ0) is 22.6. The van der Waals surface area contributed by atoms with Crippen LogP contribution in [-0.2, 0) is 0 Å². The molecule has 1 saturated heterocycles. The van der Waals surface area contributed by atoms with Crippen molar-refractivity contribution in [1.29, 1.82) is 0 Å². The number of benzene rings is 1. The Balaban J connectivity index is 1.31. The summed E-state index contributed by atoms with van der Waals surface area (Å²) in [6.07, 6.45) is 5.60. The van der Waals surface area contributed by atoms with Crippen LogP contribution >= 0.6 is 0 Å². The first-order valence-electron chi connectivity index (χ1n) is 11.3. The van der Waals surface area contributed by atoms with Crippen molar-refractivity contribution in [1.82, 2.24) is 20.6 Å². The van der Waals surface area contributed by atoms with Gasteiger partial charge in [0.05, 0.1) is 18.0 Å². The predicted octanol–water partition coefficient (Wildman–Crippen LogP) is 1.62. The largest absolute Gasteiger partial charge is 0.383 e. The molecule has 168 valence electrons. The van der Waals surface area contributed by atoms with Gasteiger partial charge in [0, 0.05) is 23.4 Å². The monoisotopic (exact) mass is 442 g/mol. The van der Waals surface area contributed by atoms with Crippen LogP contribution in [0.1, 0.15) is 35.7 Å². The number of hydrogen-bond acceptors (Lipinski definition) is 8. The smallest absolute Gasteiger partial charge is 0.256 e. The topological polar surface area (TPSA) is 120 Å². The molecule has 9 nitrogen and oxygen atoms in total. The van der Waals surface area contributed by atoms with Crippen molar-refractivity contribution in [2.45, 2.75) is 37.5 Å². The van der Waals surface area contributed by atoms with E-state index in [1.807, 2.05) is 18.2 Å².